The number of cyclic esters (lactones) is 1. The van der Waals surface area contributed by atoms with Crippen LogP contribution in [-0.2, 0) is 22.7 Å². The van der Waals surface area contributed by atoms with Crippen molar-refractivity contribution < 1.29 is 24.5 Å². The van der Waals surface area contributed by atoms with Crippen LogP contribution in [0.4, 0.5) is 5.13 Å². The largest absolute Gasteiger partial charge is 0.457 e. The molecule has 2 saturated heterocycles. The minimum Gasteiger partial charge on any atom is -0.457 e. The standard InChI is InChI=1S/C22H26N4O5S/c1-13-14(2-3-15-16(13)12-31-19(15)29)17(28)10-25-7-4-22(5-8-25)6-9-26(20(22)30)21-23-18(11-27)24-32-21/h2-3,17,27-28H,4-12H2,1H3/t17-/m0/s1. The summed E-state index contributed by atoms with van der Waals surface area (Å²) in [5.74, 6) is 0.139. The number of aromatic nitrogens is 2. The normalized spacial score (nSPS) is 21.3. The number of benzene rings is 1. The predicted molar refractivity (Wildman–Crippen MR) is 116 cm³/mol. The number of β-amino-alcohol motifs (C(OH)–C–C–N with tert-alkyl or cyclic N) is 1. The van der Waals surface area contributed by atoms with E-state index >= 15 is 0 Å². The first-order valence-corrected chi connectivity index (χ1v) is 11.6. The first kappa shape index (κ1) is 21.4. The highest BCUT2D eigenvalue weighted by Gasteiger charge is 2.49. The number of amides is 1. The van der Waals surface area contributed by atoms with Gasteiger partial charge in [0.25, 0.3) is 0 Å². The fraction of sp³-hybridized carbons (Fsp3) is 0.545. The summed E-state index contributed by atoms with van der Waals surface area (Å²) in [7, 11) is 0. The Morgan fingerprint density at radius 2 is 1.97 bits per heavy atom. The lowest BCUT2D eigenvalue weighted by Gasteiger charge is -2.38. The maximum atomic E-state index is 13.2. The molecule has 0 bridgehead atoms. The molecule has 170 valence electrons. The van der Waals surface area contributed by atoms with Crippen LogP contribution in [-0.4, -0.2) is 62.5 Å². The van der Waals surface area contributed by atoms with Crippen LogP contribution in [0.3, 0.4) is 0 Å². The highest BCUT2D eigenvalue weighted by atomic mass is 32.1. The van der Waals surface area contributed by atoms with E-state index in [2.05, 4.69) is 14.3 Å². The van der Waals surface area contributed by atoms with E-state index in [9.17, 15) is 19.8 Å². The van der Waals surface area contributed by atoms with E-state index in [0.29, 0.717) is 29.6 Å². The molecule has 0 saturated carbocycles. The number of fused-ring (bicyclic) bond motifs is 1. The summed E-state index contributed by atoms with van der Waals surface area (Å²) in [6.45, 7) is 4.54. The van der Waals surface area contributed by atoms with Gasteiger partial charge in [0.2, 0.25) is 11.0 Å². The molecule has 1 amide bonds. The zero-order valence-corrected chi connectivity index (χ0v) is 18.7. The summed E-state index contributed by atoms with van der Waals surface area (Å²) in [5, 5.41) is 20.6. The van der Waals surface area contributed by atoms with Gasteiger partial charge in [0.15, 0.2) is 5.82 Å². The highest BCUT2D eigenvalue weighted by molar-refractivity contribution is 7.09. The second-order valence-electron chi connectivity index (χ2n) is 8.84. The summed E-state index contributed by atoms with van der Waals surface area (Å²) in [6, 6.07) is 3.56. The highest BCUT2D eigenvalue weighted by Crippen LogP contribution is 2.43. The minimum absolute atomic E-state index is 0.0949. The van der Waals surface area contributed by atoms with Crippen molar-refractivity contribution in [3.8, 4) is 0 Å². The van der Waals surface area contributed by atoms with E-state index in [1.165, 1.54) is 0 Å². The number of hydrogen-bond donors (Lipinski definition) is 2. The first-order valence-electron chi connectivity index (χ1n) is 10.9. The Kier molecular flexibility index (Phi) is 5.48. The van der Waals surface area contributed by atoms with Crippen LogP contribution < -0.4 is 4.90 Å². The van der Waals surface area contributed by atoms with Crippen molar-refractivity contribution in [3.05, 3.63) is 40.2 Å². The van der Waals surface area contributed by atoms with Crippen molar-refractivity contribution in [1.29, 1.82) is 0 Å². The molecule has 2 aromatic rings. The van der Waals surface area contributed by atoms with Gasteiger partial charge in [-0.25, -0.2) is 9.78 Å². The maximum absolute atomic E-state index is 13.2. The molecule has 2 N–H and O–H groups in total. The van der Waals surface area contributed by atoms with Gasteiger partial charge < -0.3 is 19.8 Å². The summed E-state index contributed by atoms with van der Waals surface area (Å²) in [4.78, 5) is 33.1. The number of rotatable bonds is 5. The Morgan fingerprint density at radius 1 is 1.22 bits per heavy atom. The van der Waals surface area contributed by atoms with E-state index in [1.54, 1.807) is 11.0 Å². The number of hydrogen-bond acceptors (Lipinski definition) is 9. The summed E-state index contributed by atoms with van der Waals surface area (Å²) in [6.07, 6.45) is 1.60. The van der Waals surface area contributed by atoms with Crippen molar-refractivity contribution in [2.24, 2.45) is 5.41 Å². The monoisotopic (exact) mass is 458 g/mol. The molecule has 10 heteroatoms. The third-order valence-electron chi connectivity index (χ3n) is 7.15. The molecule has 2 fully saturated rings. The van der Waals surface area contributed by atoms with E-state index in [0.717, 1.165) is 60.6 Å². The van der Waals surface area contributed by atoms with Gasteiger partial charge in [-0.15, -0.1) is 0 Å². The van der Waals surface area contributed by atoms with Crippen LogP contribution in [0.25, 0.3) is 0 Å². The molecule has 1 aromatic heterocycles. The third-order valence-corrected chi connectivity index (χ3v) is 7.93. The Balaban J connectivity index is 1.22. The number of esters is 1. The second kappa shape index (κ2) is 8.18. The van der Waals surface area contributed by atoms with E-state index in [1.807, 2.05) is 13.0 Å². The molecule has 32 heavy (non-hydrogen) atoms. The van der Waals surface area contributed by atoms with E-state index < -0.39 is 6.10 Å². The molecule has 1 spiro atoms. The molecule has 3 aliphatic rings. The number of carbonyl (C=O) groups is 2. The lowest BCUT2D eigenvalue weighted by molar-refractivity contribution is -0.128. The fourth-order valence-corrected chi connectivity index (χ4v) is 5.83. The number of ether oxygens (including phenoxy) is 1. The summed E-state index contributed by atoms with van der Waals surface area (Å²) < 4.78 is 9.19. The van der Waals surface area contributed by atoms with Crippen molar-refractivity contribution >= 4 is 28.5 Å². The average Bonchev–Trinajstić information content (AvgIpc) is 3.49. The number of aliphatic hydroxyl groups is 2. The smallest absolute Gasteiger partial charge is 0.338 e. The van der Waals surface area contributed by atoms with E-state index in [4.69, 9.17) is 4.74 Å². The van der Waals surface area contributed by atoms with Gasteiger partial charge in [0.05, 0.1) is 17.1 Å². The summed E-state index contributed by atoms with van der Waals surface area (Å²) >= 11 is 1.15. The molecule has 0 unspecified atom stereocenters. The number of likely N-dealkylation sites (tertiary alicyclic amines) is 1. The van der Waals surface area contributed by atoms with Gasteiger partial charge in [-0.1, -0.05) is 6.07 Å². The Labute approximate surface area is 189 Å². The maximum Gasteiger partial charge on any atom is 0.338 e. The number of piperidine rings is 1. The molecule has 9 nitrogen and oxygen atoms in total. The number of anilines is 1. The zero-order valence-electron chi connectivity index (χ0n) is 17.9. The first-order chi connectivity index (χ1) is 15.4. The van der Waals surface area contributed by atoms with Crippen LogP contribution in [0.15, 0.2) is 12.1 Å². The van der Waals surface area contributed by atoms with Crippen molar-refractivity contribution in [1.82, 2.24) is 14.3 Å². The molecule has 1 aromatic carbocycles. The van der Waals surface area contributed by atoms with Crippen molar-refractivity contribution in [3.63, 3.8) is 0 Å². The van der Waals surface area contributed by atoms with Crippen LogP contribution in [0.5, 0.6) is 0 Å². The quantitative estimate of drug-likeness (QED) is 0.649. The van der Waals surface area contributed by atoms with Crippen molar-refractivity contribution in [2.45, 2.75) is 45.5 Å². The molecular formula is C22H26N4O5S. The molecule has 0 aliphatic carbocycles. The van der Waals surface area contributed by atoms with Crippen LogP contribution in [0.2, 0.25) is 0 Å². The molecule has 3 aliphatic heterocycles. The van der Waals surface area contributed by atoms with E-state index in [-0.39, 0.29) is 30.5 Å². The lowest BCUT2D eigenvalue weighted by Crippen LogP contribution is -2.45. The van der Waals surface area contributed by atoms with Crippen LogP contribution in [0.1, 0.15) is 58.2 Å². The second-order valence-corrected chi connectivity index (χ2v) is 9.57. The number of aliphatic hydroxyl groups excluding tert-OH is 2. The van der Waals surface area contributed by atoms with Gasteiger partial charge in [0.1, 0.15) is 13.2 Å². The van der Waals surface area contributed by atoms with Crippen LogP contribution in [0, 0.1) is 12.3 Å². The molecule has 1 atom stereocenters. The zero-order chi connectivity index (χ0) is 22.5. The minimum atomic E-state index is -0.667. The predicted octanol–water partition coefficient (Wildman–Crippen LogP) is 1.56. The van der Waals surface area contributed by atoms with Gasteiger partial charge in [-0.3, -0.25) is 9.69 Å². The average molecular weight is 459 g/mol. The third kappa shape index (κ3) is 3.51. The SMILES string of the molecule is Cc1c([C@@H](O)CN2CCC3(CC2)CCN(c2nc(CO)ns2)C3=O)ccc2c1COC2=O. The van der Waals surface area contributed by atoms with Crippen molar-refractivity contribution in [2.75, 3.05) is 31.1 Å². The molecule has 4 heterocycles. The van der Waals surface area contributed by atoms with Gasteiger partial charge in [-0.2, -0.15) is 4.37 Å². The Morgan fingerprint density at radius 3 is 2.69 bits per heavy atom. The lowest BCUT2D eigenvalue weighted by atomic mass is 9.77. The topological polar surface area (TPSA) is 116 Å². The summed E-state index contributed by atoms with van der Waals surface area (Å²) in [5.41, 5.74) is 2.80. The number of nitrogens with zero attached hydrogens (tertiary/aromatic N) is 4. The van der Waals surface area contributed by atoms with Gasteiger partial charge in [-0.05, 0) is 56.5 Å². The number of carbonyl (C=O) groups excluding carboxylic acids is 2. The molecule has 5 rings (SSSR count). The Hall–Kier alpha value is -2.40. The van der Waals surface area contributed by atoms with Gasteiger partial charge in [0, 0.05) is 30.2 Å². The van der Waals surface area contributed by atoms with Crippen LogP contribution >= 0.6 is 11.5 Å². The van der Waals surface area contributed by atoms with Gasteiger partial charge >= 0.3 is 5.97 Å². The fourth-order valence-electron chi connectivity index (χ4n) is 5.12. The Bertz CT molecular complexity index is 1060. The molecular weight excluding hydrogens is 432 g/mol. The molecule has 0 radical (unpaired) electrons.